The van der Waals surface area contributed by atoms with Crippen LogP contribution in [0.5, 0.6) is 0 Å². The molecule has 0 aliphatic carbocycles. The molecule has 0 spiro atoms. The zero-order chi connectivity index (χ0) is 12.1. The van der Waals surface area contributed by atoms with Gasteiger partial charge in [-0.15, -0.1) is 0 Å². The Morgan fingerprint density at radius 1 is 1.50 bits per heavy atom. The number of carbonyl (C=O) groups excluding carboxylic acids is 1. The molecule has 0 amide bonds. The summed E-state index contributed by atoms with van der Waals surface area (Å²) in [7, 11) is 0. The Labute approximate surface area is 101 Å². The van der Waals surface area contributed by atoms with Crippen molar-refractivity contribution in [1.29, 1.82) is 0 Å². The van der Waals surface area contributed by atoms with Crippen LogP contribution in [-0.4, -0.2) is 17.1 Å². The Balaban J connectivity index is 2.71. The second-order valence-electron chi connectivity index (χ2n) is 3.18. The van der Waals surface area contributed by atoms with Gasteiger partial charge in [0.15, 0.2) is 0 Å². The van der Waals surface area contributed by atoms with Gasteiger partial charge in [0.2, 0.25) is 0 Å². The van der Waals surface area contributed by atoms with Crippen molar-refractivity contribution in [2.24, 2.45) is 0 Å². The molecule has 0 aliphatic rings. The molecule has 0 fully saturated rings. The molecule has 16 heavy (non-hydrogen) atoms. The normalized spacial score (nSPS) is 11.9. The standard InChI is InChI=1S/C10H10BrNO4/c1-7(13)16-10(12(14)15)6-8-2-4-9(11)5-3-8/h2-5,10H,6H2,1H3. The minimum absolute atomic E-state index is 0.0693. The minimum atomic E-state index is -1.32. The van der Waals surface area contributed by atoms with Crippen LogP contribution in [0.3, 0.4) is 0 Å². The van der Waals surface area contributed by atoms with E-state index in [1.807, 2.05) is 0 Å². The summed E-state index contributed by atoms with van der Waals surface area (Å²) in [5, 5.41) is 10.6. The van der Waals surface area contributed by atoms with Crippen molar-refractivity contribution in [2.45, 2.75) is 19.6 Å². The van der Waals surface area contributed by atoms with Gasteiger partial charge in [0.1, 0.15) is 0 Å². The number of esters is 1. The fourth-order valence-electron chi connectivity index (χ4n) is 1.17. The average Bonchev–Trinajstić information content (AvgIpc) is 2.19. The predicted octanol–water partition coefficient (Wildman–Crippen LogP) is 2.16. The van der Waals surface area contributed by atoms with Crippen molar-refractivity contribution in [3.05, 3.63) is 44.4 Å². The maximum absolute atomic E-state index is 10.7. The maximum atomic E-state index is 10.7. The fraction of sp³-hybridized carbons (Fsp3) is 0.300. The molecule has 0 saturated heterocycles. The van der Waals surface area contributed by atoms with E-state index in [-0.39, 0.29) is 6.42 Å². The monoisotopic (exact) mass is 287 g/mol. The van der Waals surface area contributed by atoms with E-state index in [2.05, 4.69) is 20.7 Å². The van der Waals surface area contributed by atoms with E-state index < -0.39 is 17.1 Å². The third-order valence-electron chi connectivity index (χ3n) is 1.86. The quantitative estimate of drug-likeness (QED) is 0.368. The zero-order valence-electron chi connectivity index (χ0n) is 8.55. The van der Waals surface area contributed by atoms with Crippen LogP contribution in [0.15, 0.2) is 28.7 Å². The molecule has 1 unspecified atom stereocenters. The number of nitrogens with zero attached hydrogens (tertiary/aromatic N) is 1. The third kappa shape index (κ3) is 3.98. The molecule has 0 heterocycles. The van der Waals surface area contributed by atoms with E-state index in [4.69, 9.17) is 0 Å². The molecule has 86 valence electrons. The van der Waals surface area contributed by atoms with E-state index in [0.29, 0.717) is 0 Å². The minimum Gasteiger partial charge on any atom is -0.398 e. The highest BCUT2D eigenvalue weighted by Gasteiger charge is 2.23. The largest absolute Gasteiger partial charge is 0.398 e. The van der Waals surface area contributed by atoms with Gasteiger partial charge in [0, 0.05) is 11.4 Å². The second-order valence-corrected chi connectivity index (χ2v) is 4.10. The summed E-state index contributed by atoms with van der Waals surface area (Å²) in [6.07, 6.45) is -1.25. The van der Waals surface area contributed by atoms with Gasteiger partial charge in [0.25, 0.3) is 0 Å². The summed E-state index contributed by atoms with van der Waals surface area (Å²) < 4.78 is 5.49. The summed E-state index contributed by atoms with van der Waals surface area (Å²) in [5.74, 6) is -0.654. The van der Waals surface area contributed by atoms with Gasteiger partial charge in [-0.25, -0.2) is 0 Å². The first-order valence-electron chi connectivity index (χ1n) is 4.54. The first-order valence-corrected chi connectivity index (χ1v) is 5.33. The van der Waals surface area contributed by atoms with Gasteiger partial charge in [-0.1, -0.05) is 28.1 Å². The highest BCUT2D eigenvalue weighted by molar-refractivity contribution is 9.10. The van der Waals surface area contributed by atoms with Crippen molar-refractivity contribution >= 4 is 21.9 Å². The number of hydrogen-bond donors (Lipinski definition) is 0. The van der Waals surface area contributed by atoms with Gasteiger partial charge >= 0.3 is 12.2 Å². The average molecular weight is 288 g/mol. The van der Waals surface area contributed by atoms with Crippen LogP contribution in [-0.2, 0) is 16.0 Å². The van der Waals surface area contributed by atoms with Crippen LogP contribution >= 0.6 is 15.9 Å². The molecular weight excluding hydrogens is 278 g/mol. The van der Waals surface area contributed by atoms with Crippen molar-refractivity contribution in [3.63, 3.8) is 0 Å². The first-order chi connectivity index (χ1) is 7.49. The predicted molar refractivity (Wildman–Crippen MR) is 60.4 cm³/mol. The van der Waals surface area contributed by atoms with Gasteiger partial charge < -0.3 is 4.74 Å². The molecule has 1 aromatic rings. The third-order valence-corrected chi connectivity index (χ3v) is 2.39. The number of carbonyl (C=O) groups is 1. The van der Waals surface area contributed by atoms with Crippen molar-refractivity contribution in [1.82, 2.24) is 0 Å². The molecule has 0 radical (unpaired) electrons. The SMILES string of the molecule is CC(=O)OC(Cc1ccc(Br)cc1)[N+](=O)[O-]. The number of nitro groups is 1. The van der Waals surface area contributed by atoms with Crippen LogP contribution in [0.4, 0.5) is 0 Å². The lowest BCUT2D eigenvalue weighted by molar-refractivity contribution is -0.567. The summed E-state index contributed by atoms with van der Waals surface area (Å²) in [6, 6.07) is 7.04. The maximum Gasteiger partial charge on any atom is 0.359 e. The Bertz CT molecular complexity index is 390. The lowest BCUT2D eigenvalue weighted by atomic mass is 10.1. The number of benzene rings is 1. The topological polar surface area (TPSA) is 69.4 Å². The van der Waals surface area contributed by atoms with Crippen LogP contribution in [0.1, 0.15) is 12.5 Å². The Morgan fingerprint density at radius 3 is 2.50 bits per heavy atom. The summed E-state index contributed by atoms with van der Waals surface area (Å²) in [5.41, 5.74) is 0.742. The number of rotatable bonds is 4. The van der Waals surface area contributed by atoms with Crippen molar-refractivity contribution in [3.8, 4) is 0 Å². The van der Waals surface area contributed by atoms with E-state index in [1.54, 1.807) is 24.3 Å². The number of halogens is 1. The van der Waals surface area contributed by atoms with Crippen LogP contribution in [0, 0.1) is 10.1 Å². The van der Waals surface area contributed by atoms with E-state index >= 15 is 0 Å². The molecule has 1 atom stereocenters. The molecule has 1 rings (SSSR count). The molecule has 6 heteroatoms. The lowest BCUT2D eigenvalue weighted by Gasteiger charge is -2.09. The Morgan fingerprint density at radius 2 is 2.06 bits per heavy atom. The van der Waals surface area contributed by atoms with Gasteiger partial charge in [-0.05, 0) is 17.7 Å². The molecule has 0 aliphatic heterocycles. The lowest BCUT2D eigenvalue weighted by Crippen LogP contribution is -2.27. The van der Waals surface area contributed by atoms with Gasteiger partial charge in [-0.3, -0.25) is 14.9 Å². The van der Waals surface area contributed by atoms with E-state index in [0.717, 1.165) is 17.0 Å². The Kier molecular flexibility index (Phi) is 4.42. The van der Waals surface area contributed by atoms with Crippen LogP contribution in [0.2, 0.25) is 0 Å². The van der Waals surface area contributed by atoms with Crippen LogP contribution in [0.25, 0.3) is 0 Å². The molecular formula is C10H10BrNO4. The van der Waals surface area contributed by atoms with E-state index in [1.165, 1.54) is 0 Å². The summed E-state index contributed by atoms with van der Waals surface area (Å²) in [6.45, 7) is 1.15. The highest BCUT2D eigenvalue weighted by Crippen LogP contribution is 2.13. The molecule has 0 bridgehead atoms. The summed E-state index contributed by atoms with van der Waals surface area (Å²) >= 11 is 3.26. The smallest absolute Gasteiger partial charge is 0.359 e. The van der Waals surface area contributed by atoms with Crippen molar-refractivity contribution < 1.29 is 14.5 Å². The molecule has 1 aromatic carbocycles. The van der Waals surface area contributed by atoms with Gasteiger partial charge in [0.05, 0.1) is 11.3 Å². The summed E-state index contributed by atoms with van der Waals surface area (Å²) in [4.78, 5) is 20.7. The number of ether oxygens (including phenoxy) is 1. The molecule has 0 N–H and O–H groups in total. The molecule has 0 aromatic heterocycles. The zero-order valence-corrected chi connectivity index (χ0v) is 10.1. The number of hydrogen-bond acceptors (Lipinski definition) is 4. The van der Waals surface area contributed by atoms with Gasteiger partial charge in [-0.2, -0.15) is 0 Å². The van der Waals surface area contributed by atoms with E-state index in [9.17, 15) is 14.9 Å². The molecule has 5 nitrogen and oxygen atoms in total. The Hall–Kier alpha value is -1.43. The highest BCUT2D eigenvalue weighted by atomic mass is 79.9. The second kappa shape index (κ2) is 5.60. The van der Waals surface area contributed by atoms with Crippen LogP contribution < -0.4 is 0 Å². The first kappa shape index (κ1) is 12.6. The fourth-order valence-corrected chi connectivity index (χ4v) is 1.44. The van der Waals surface area contributed by atoms with Crippen molar-refractivity contribution in [2.75, 3.05) is 0 Å². The molecule has 0 saturated carbocycles.